The zero-order valence-corrected chi connectivity index (χ0v) is 13.1. The van der Waals surface area contributed by atoms with Crippen LogP contribution in [0.25, 0.3) is 0 Å². The molecule has 0 radical (unpaired) electrons. The van der Waals surface area contributed by atoms with Gasteiger partial charge in [0.2, 0.25) is 11.8 Å². The van der Waals surface area contributed by atoms with Crippen LogP contribution in [0.3, 0.4) is 0 Å². The average molecular weight is 316 g/mol. The predicted molar refractivity (Wildman–Crippen MR) is 80.8 cm³/mol. The van der Waals surface area contributed by atoms with Gasteiger partial charge in [-0.05, 0) is 32.3 Å². The Morgan fingerprint density at radius 3 is 2.48 bits per heavy atom. The largest absolute Gasteiger partial charge is 0.332 e. The highest BCUT2D eigenvalue weighted by Crippen LogP contribution is 2.19. The summed E-state index contributed by atoms with van der Waals surface area (Å²) in [5.74, 6) is -1.08. The van der Waals surface area contributed by atoms with E-state index in [1.54, 1.807) is 0 Å². The highest BCUT2D eigenvalue weighted by molar-refractivity contribution is 6.31. The second-order valence-corrected chi connectivity index (χ2v) is 5.33. The molecule has 1 aromatic rings. The molecule has 0 atom stereocenters. The molecule has 0 aliphatic heterocycles. The second-order valence-electron chi connectivity index (χ2n) is 4.92. The van der Waals surface area contributed by atoms with Crippen LogP contribution >= 0.6 is 11.6 Å². The molecule has 0 aliphatic carbocycles. The Bertz CT molecular complexity index is 523. The number of amides is 2. The Kier molecular flexibility index (Phi) is 6.58. The Hall–Kier alpha value is -1.66. The van der Waals surface area contributed by atoms with Gasteiger partial charge in [0.05, 0.1) is 11.6 Å². The molecule has 21 heavy (non-hydrogen) atoms. The van der Waals surface area contributed by atoms with E-state index >= 15 is 0 Å². The molecule has 0 saturated carbocycles. The van der Waals surface area contributed by atoms with E-state index in [0.717, 1.165) is 0 Å². The number of hydrogen-bond acceptors (Lipinski definition) is 3. The van der Waals surface area contributed by atoms with Crippen LogP contribution in [0.1, 0.15) is 6.92 Å². The SMILES string of the molecule is CC(=O)N(CCN(C)C)CC(=O)Nc1ccc(F)c(Cl)c1. The first-order chi connectivity index (χ1) is 9.79. The van der Waals surface area contributed by atoms with Gasteiger partial charge >= 0.3 is 0 Å². The third-order valence-corrected chi connectivity index (χ3v) is 3.09. The minimum absolute atomic E-state index is 0.0574. The fraction of sp³-hybridized carbons (Fsp3) is 0.429. The van der Waals surface area contributed by atoms with Crippen molar-refractivity contribution in [1.82, 2.24) is 9.80 Å². The van der Waals surface area contributed by atoms with Crippen molar-refractivity contribution in [2.75, 3.05) is 39.0 Å². The van der Waals surface area contributed by atoms with Crippen molar-refractivity contribution >= 4 is 29.1 Å². The van der Waals surface area contributed by atoms with Crippen LogP contribution in [-0.4, -0.2) is 55.3 Å². The van der Waals surface area contributed by atoms with Crippen molar-refractivity contribution in [3.05, 3.63) is 29.0 Å². The van der Waals surface area contributed by atoms with Crippen molar-refractivity contribution in [2.45, 2.75) is 6.92 Å². The van der Waals surface area contributed by atoms with Crippen molar-refractivity contribution in [3.63, 3.8) is 0 Å². The number of hydrogen-bond donors (Lipinski definition) is 1. The minimum atomic E-state index is -0.550. The number of halogens is 2. The lowest BCUT2D eigenvalue weighted by Gasteiger charge is -2.22. The maximum atomic E-state index is 13.0. The number of nitrogens with one attached hydrogen (secondary N) is 1. The average Bonchev–Trinajstić information content (AvgIpc) is 2.38. The summed E-state index contributed by atoms with van der Waals surface area (Å²) in [4.78, 5) is 26.8. The molecule has 1 aromatic carbocycles. The zero-order valence-electron chi connectivity index (χ0n) is 12.3. The molecular weight excluding hydrogens is 297 g/mol. The van der Waals surface area contributed by atoms with E-state index in [9.17, 15) is 14.0 Å². The lowest BCUT2D eigenvalue weighted by molar-refractivity contribution is -0.132. The van der Waals surface area contributed by atoms with Crippen LogP contribution in [0.15, 0.2) is 18.2 Å². The van der Waals surface area contributed by atoms with E-state index in [0.29, 0.717) is 18.8 Å². The molecule has 1 rings (SSSR count). The van der Waals surface area contributed by atoms with Crippen LogP contribution in [0.4, 0.5) is 10.1 Å². The predicted octanol–water partition coefficient (Wildman–Crippen LogP) is 1.83. The fourth-order valence-electron chi connectivity index (χ4n) is 1.62. The first-order valence-electron chi connectivity index (χ1n) is 6.44. The summed E-state index contributed by atoms with van der Waals surface area (Å²) in [5.41, 5.74) is 0.391. The lowest BCUT2D eigenvalue weighted by Crippen LogP contribution is -2.40. The van der Waals surface area contributed by atoms with Gasteiger partial charge in [-0.1, -0.05) is 11.6 Å². The third-order valence-electron chi connectivity index (χ3n) is 2.80. The summed E-state index contributed by atoms with van der Waals surface area (Å²) < 4.78 is 13.0. The second kappa shape index (κ2) is 7.95. The normalized spacial score (nSPS) is 10.6. The van der Waals surface area contributed by atoms with Crippen LogP contribution in [0.2, 0.25) is 5.02 Å². The molecule has 1 N–H and O–H groups in total. The van der Waals surface area contributed by atoms with Crippen molar-refractivity contribution in [2.24, 2.45) is 0 Å². The first kappa shape index (κ1) is 17.4. The molecule has 2 amide bonds. The fourth-order valence-corrected chi connectivity index (χ4v) is 1.80. The molecule has 0 aliphatic rings. The van der Waals surface area contributed by atoms with E-state index in [2.05, 4.69) is 5.32 Å². The zero-order chi connectivity index (χ0) is 16.0. The van der Waals surface area contributed by atoms with E-state index in [1.807, 2.05) is 19.0 Å². The Balaban J connectivity index is 2.60. The van der Waals surface area contributed by atoms with Gasteiger partial charge in [-0.25, -0.2) is 4.39 Å². The maximum absolute atomic E-state index is 13.0. The van der Waals surface area contributed by atoms with E-state index < -0.39 is 5.82 Å². The summed E-state index contributed by atoms with van der Waals surface area (Å²) in [6.45, 7) is 2.48. The molecule has 0 saturated heterocycles. The number of carbonyl (C=O) groups excluding carboxylic acids is 2. The standard InChI is InChI=1S/C14H19ClFN3O2/c1-10(20)19(7-6-18(2)3)9-14(21)17-11-4-5-13(16)12(15)8-11/h4-5,8H,6-7,9H2,1-3H3,(H,17,21). The summed E-state index contributed by atoms with van der Waals surface area (Å²) in [5, 5.41) is 2.52. The minimum Gasteiger partial charge on any atom is -0.332 e. The summed E-state index contributed by atoms with van der Waals surface area (Å²) >= 11 is 5.64. The molecule has 0 bridgehead atoms. The van der Waals surface area contributed by atoms with Crippen molar-refractivity contribution < 1.29 is 14.0 Å². The van der Waals surface area contributed by atoms with Crippen LogP contribution < -0.4 is 5.32 Å². The number of likely N-dealkylation sites (N-methyl/N-ethyl adjacent to an activating group) is 1. The number of benzene rings is 1. The number of rotatable bonds is 6. The molecule has 0 fully saturated rings. The molecule has 0 unspecified atom stereocenters. The van der Waals surface area contributed by atoms with Gasteiger partial charge in [0.15, 0.2) is 0 Å². The van der Waals surface area contributed by atoms with E-state index in [1.165, 1.54) is 30.0 Å². The van der Waals surface area contributed by atoms with Gasteiger partial charge < -0.3 is 15.1 Å². The number of nitrogens with zero attached hydrogens (tertiary/aromatic N) is 2. The summed E-state index contributed by atoms with van der Waals surface area (Å²) in [7, 11) is 3.78. The van der Waals surface area contributed by atoms with Crippen LogP contribution in [-0.2, 0) is 9.59 Å². The van der Waals surface area contributed by atoms with Gasteiger partial charge in [0.25, 0.3) is 0 Å². The monoisotopic (exact) mass is 315 g/mol. The molecule has 0 heterocycles. The highest BCUT2D eigenvalue weighted by Gasteiger charge is 2.14. The first-order valence-corrected chi connectivity index (χ1v) is 6.82. The van der Waals surface area contributed by atoms with Gasteiger partial charge in [-0.2, -0.15) is 0 Å². The lowest BCUT2D eigenvalue weighted by atomic mass is 10.3. The summed E-state index contributed by atoms with van der Waals surface area (Å²) in [6, 6.07) is 3.91. The van der Waals surface area contributed by atoms with Gasteiger partial charge in [-0.15, -0.1) is 0 Å². The molecule has 7 heteroatoms. The molecule has 5 nitrogen and oxygen atoms in total. The number of anilines is 1. The third kappa shape index (κ3) is 6.10. The Morgan fingerprint density at radius 1 is 1.29 bits per heavy atom. The van der Waals surface area contributed by atoms with E-state index in [-0.39, 0.29) is 23.4 Å². The Morgan fingerprint density at radius 2 is 1.95 bits per heavy atom. The molecule has 0 aromatic heterocycles. The van der Waals surface area contributed by atoms with Gasteiger partial charge in [0, 0.05) is 25.7 Å². The smallest absolute Gasteiger partial charge is 0.243 e. The molecule has 116 valence electrons. The van der Waals surface area contributed by atoms with Crippen LogP contribution in [0.5, 0.6) is 0 Å². The quantitative estimate of drug-likeness (QED) is 0.871. The number of carbonyl (C=O) groups is 2. The summed E-state index contributed by atoms with van der Waals surface area (Å²) in [6.07, 6.45) is 0. The van der Waals surface area contributed by atoms with E-state index in [4.69, 9.17) is 11.6 Å². The Labute approximate surface area is 128 Å². The van der Waals surface area contributed by atoms with Gasteiger partial charge in [0.1, 0.15) is 5.82 Å². The van der Waals surface area contributed by atoms with Crippen LogP contribution in [0, 0.1) is 5.82 Å². The maximum Gasteiger partial charge on any atom is 0.243 e. The topological polar surface area (TPSA) is 52.7 Å². The molecular formula is C14H19ClFN3O2. The van der Waals surface area contributed by atoms with Gasteiger partial charge in [-0.3, -0.25) is 9.59 Å². The molecule has 0 spiro atoms. The highest BCUT2D eigenvalue weighted by atomic mass is 35.5. The van der Waals surface area contributed by atoms with Crippen molar-refractivity contribution in [1.29, 1.82) is 0 Å². The van der Waals surface area contributed by atoms with Crippen molar-refractivity contribution in [3.8, 4) is 0 Å².